The van der Waals surface area contributed by atoms with Gasteiger partial charge in [-0.05, 0) is 23.8 Å². The predicted molar refractivity (Wildman–Crippen MR) is 81.1 cm³/mol. The van der Waals surface area contributed by atoms with Gasteiger partial charge in [0.2, 0.25) is 0 Å². The van der Waals surface area contributed by atoms with E-state index < -0.39 is 5.91 Å². The number of carbonyl (C=O) groups excluding carboxylic acids is 1. The highest BCUT2D eigenvalue weighted by Crippen LogP contribution is 2.14. The summed E-state index contributed by atoms with van der Waals surface area (Å²) in [6.07, 6.45) is 6.30. The average molecular weight is 286 g/mol. The highest BCUT2D eigenvalue weighted by molar-refractivity contribution is 5.90. The zero-order valence-corrected chi connectivity index (χ0v) is 12.0. The molecule has 2 rings (SSSR count). The van der Waals surface area contributed by atoms with Crippen LogP contribution in [0.15, 0.2) is 42.7 Å². The van der Waals surface area contributed by atoms with Crippen molar-refractivity contribution in [1.82, 2.24) is 15.0 Å². The molecule has 0 aliphatic rings. The summed E-state index contributed by atoms with van der Waals surface area (Å²) in [7, 11) is 4.00. The van der Waals surface area contributed by atoms with Gasteiger partial charge < -0.3 is 9.47 Å². The molecule has 0 bridgehead atoms. The molecule has 110 valence electrons. The predicted octanol–water partition coefficient (Wildman–Crippen LogP) is 1.52. The second-order valence-electron chi connectivity index (χ2n) is 4.78. The number of benzene rings is 1. The lowest BCUT2D eigenvalue weighted by molar-refractivity contribution is -0.124. The van der Waals surface area contributed by atoms with Crippen molar-refractivity contribution in [2.24, 2.45) is 0 Å². The van der Waals surface area contributed by atoms with Gasteiger partial charge in [-0.15, -0.1) is 0 Å². The quantitative estimate of drug-likeness (QED) is 0.496. The Hall–Kier alpha value is -2.60. The van der Waals surface area contributed by atoms with E-state index in [2.05, 4.69) is 29.2 Å². The SMILES string of the molecule is CN(C)c1ccc(Cn2ccnc2/C=C/C(=O)NO)cc1. The molecule has 1 aromatic carbocycles. The Kier molecular flexibility index (Phi) is 4.73. The molecule has 21 heavy (non-hydrogen) atoms. The van der Waals surface area contributed by atoms with E-state index in [1.54, 1.807) is 17.8 Å². The van der Waals surface area contributed by atoms with Gasteiger partial charge in [0.15, 0.2) is 0 Å². The number of hydrogen-bond acceptors (Lipinski definition) is 4. The number of nitrogens with one attached hydrogen (secondary N) is 1. The van der Waals surface area contributed by atoms with Gasteiger partial charge in [-0.25, -0.2) is 10.5 Å². The first-order valence-corrected chi connectivity index (χ1v) is 6.49. The lowest BCUT2D eigenvalue weighted by atomic mass is 10.2. The van der Waals surface area contributed by atoms with Gasteiger partial charge in [-0.2, -0.15) is 0 Å². The van der Waals surface area contributed by atoms with Crippen molar-refractivity contribution in [2.45, 2.75) is 6.54 Å². The maximum atomic E-state index is 11.0. The monoisotopic (exact) mass is 286 g/mol. The number of carbonyl (C=O) groups is 1. The topological polar surface area (TPSA) is 70.4 Å². The molecule has 0 fully saturated rings. The highest BCUT2D eigenvalue weighted by atomic mass is 16.5. The van der Waals surface area contributed by atoms with Gasteiger partial charge in [0.25, 0.3) is 5.91 Å². The van der Waals surface area contributed by atoms with E-state index in [9.17, 15) is 4.79 Å². The van der Waals surface area contributed by atoms with Crippen LogP contribution in [0.4, 0.5) is 5.69 Å². The van der Waals surface area contributed by atoms with E-state index in [1.165, 1.54) is 6.08 Å². The number of hydrogen-bond donors (Lipinski definition) is 2. The minimum absolute atomic E-state index is 0.583. The van der Waals surface area contributed by atoms with Crippen molar-refractivity contribution in [3.05, 3.63) is 54.1 Å². The third-order valence-electron chi connectivity index (χ3n) is 3.05. The van der Waals surface area contributed by atoms with Crippen LogP contribution >= 0.6 is 0 Å². The summed E-state index contributed by atoms with van der Waals surface area (Å²) in [4.78, 5) is 17.2. The first kappa shape index (κ1) is 14.8. The van der Waals surface area contributed by atoms with Crippen molar-refractivity contribution < 1.29 is 10.0 Å². The molecule has 6 nitrogen and oxygen atoms in total. The summed E-state index contributed by atoms with van der Waals surface area (Å²) >= 11 is 0. The number of amides is 1. The fraction of sp³-hybridized carbons (Fsp3) is 0.200. The van der Waals surface area contributed by atoms with Crippen molar-refractivity contribution >= 4 is 17.7 Å². The average Bonchev–Trinajstić information content (AvgIpc) is 2.92. The summed E-state index contributed by atoms with van der Waals surface area (Å²) in [5.41, 5.74) is 3.83. The van der Waals surface area contributed by atoms with Gasteiger partial charge in [0, 0.05) is 44.8 Å². The first-order chi connectivity index (χ1) is 10.1. The molecule has 0 aliphatic heterocycles. The Balaban J connectivity index is 2.11. The van der Waals surface area contributed by atoms with E-state index in [1.807, 2.05) is 29.8 Å². The summed E-state index contributed by atoms with van der Waals surface area (Å²) in [6, 6.07) is 8.23. The first-order valence-electron chi connectivity index (χ1n) is 6.49. The van der Waals surface area contributed by atoms with E-state index in [-0.39, 0.29) is 0 Å². The van der Waals surface area contributed by atoms with Gasteiger partial charge in [0.05, 0.1) is 0 Å². The Labute approximate surface area is 123 Å². The third-order valence-corrected chi connectivity index (χ3v) is 3.05. The standard InChI is InChI=1S/C15H18N4O2/c1-18(2)13-5-3-12(4-6-13)11-19-10-9-16-14(19)7-8-15(20)17-21/h3-10,21H,11H2,1-2H3,(H,17,20)/b8-7+. The summed E-state index contributed by atoms with van der Waals surface area (Å²) < 4.78 is 1.92. The number of imidazole rings is 1. The van der Waals surface area contributed by atoms with Gasteiger partial charge >= 0.3 is 0 Å². The van der Waals surface area contributed by atoms with Gasteiger partial charge in [-0.3, -0.25) is 10.0 Å². The molecule has 1 amide bonds. The number of hydroxylamine groups is 1. The zero-order chi connectivity index (χ0) is 15.2. The molecule has 0 atom stereocenters. The van der Waals surface area contributed by atoms with Crippen LogP contribution in [0.2, 0.25) is 0 Å². The lowest BCUT2D eigenvalue weighted by Gasteiger charge is -2.13. The molecule has 0 saturated carbocycles. The Morgan fingerprint density at radius 3 is 2.71 bits per heavy atom. The molecule has 0 spiro atoms. The van der Waals surface area contributed by atoms with Crippen molar-refractivity contribution in [1.29, 1.82) is 0 Å². The molecule has 6 heteroatoms. The Bertz CT molecular complexity index is 629. The van der Waals surface area contributed by atoms with E-state index in [4.69, 9.17) is 5.21 Å². The summed E-state index contributed by atoms with van der Waals surface area (Å²) in [5.74, 6) is 0.0650. The maximum Gasteiger partial charge on any atom is 0.267 e. The van der Waals surface area contributed by atoms with Crippen molar-refractivity contribution in [3.63, 3.8) is 0 Å². The fourth-order valence-corrected chi connectivity index (χ4v) is 1.90. The lowest BCUT2D eigenvalue weighted by Crippen LogP contribution is -2.15. The second kappa shape index (κ2) is 6.71. The minimum Gasteiger partial charge on any atom is -0.378 e. The molecule has 0 saturated heterocycles. The van der Waals surface area contributed by atoms with Crippen molar-refractivity contribution in [2.75, 3.05) is 19.0 Å². The van der Waals surface area contributed by atoms with Crippen LogP contribution in [-0.2, 0) is 11.3 Å². The molecule has 0 unspecified atom stereocenters. The molecule has 2 aromatic rings. The second-order valence-corrected chi connectivity index (χ2v) is 4.78. The minimum atomic E-state index is -0.583. The van der Waals surface area contributed by atoms with Crippen LogP contribution in [0, 0.1) is 0 Å². The molecule has 0 radical (unpaired) electrons. The number of rotatable bonds is 5. The van der Waals surface area contributed by atoms with Crippen LogP contribution in [0.1, 0.15) is 11.4 Å². The molecule has 1 heterocycles. The Morgan fingerprint density at radius 1 is 1.38 bits per heavy atom. The molecular weight excluding hydrogens is 268 g/mol. The van der Waals surface area contributed by atoms with Gasteiger partial charge in [0.1, 0.15) is 5.82 Å². The zero-order valence-electron chi connectivity index (χ0n) is 12.0. The van der Waals surface area contributed by atoms with Crippen LogP contribution in [0.5, 0.6) is 0 Å². The highest BCUT2D eigenvalue weighted by Gasteiger charge is 2.02. The van der Waals surface area contributed by atoms with Crippen molar-refractivity contribution in [3.8, 4) is 0 Å². The van der Waals surface area contributed by atoms with Crippen LogP contribution in [-0.4, -0.2) is 34.8 Å². The largest absolute Gasteiger partial charge is 0.378 e. The Morgan fingerprint density at radius 2 is 2.10 bits per heavy atom. The van der Waals surface area contributed by atoms with Gasteiger partial charge in [-0.1, -0.05) is 12.1 Å². The molecular formula is C15H18N4O2. The van der Waals surface area contributed by atoms with E-state index >= 15 is 0 Å². The van der Waals surface area contributed by atoms with E-state index in [0.29, 0.717) is 12.4 Å². The van der Waals surface area contributed by atoms with Crippen LogP contribution in [0.25, 0.3) is 6.08 Å². The fourth-order valence-electron chi connectivity index (χ4n) is 1.90. The van der Waals surface area contributed by atoms with Crippen LogP contribution in [0.3, 0.4) is 0 Å². The third kappa shape index (κ3) is 3.93. The summed E-state index contributed by atoms with van der Waals surface area (Å²) in [6.45, 7) is 0.661. The normalized spacial score (nSPS) is 10.8. The van der Waals surface area contributed by atoms with E-state index in [0.717, 1.165) is 11.3 Å². The number of nitrogens with zero attached hydrogens (tertiary/aromatic N) is 3. The summed E-state index contributed by atoms with van der Waals surface area (Å²) in [5, 5.41) is 8.46. The maximum absolute atomic E-state index is 11.0. The molecule has 0 aliphatic carbocycles. The molecule has 1 aromatic heterocycles. The molecule has 2 N–H and O–H groups in total. The smallest absolute Gasteiger partial charge is 0.267 e. The number of anilines is 1. The van der Waals surface area contributed by atoms with Crippen LogP contribution < -0.4 is 10.4 Å². The number of aromatic nitrogens is 2.